The number of benzene rings is 4. The molecule has 8 rings (SSSR count). The molecule has 0 fully saturated rings. The van der Waals surface area contributed by atoms with Crippen LogP contribution in [0.4, 0.5) is 0 Å². The number of hydrogen-bond acceptors (Lipinski definition) is 2. The first kappa shape index (κ1) is 23.1. The maximum absolute atomic E-state index is 6.50. The van der Waals surface area contributed by atoms with Crippen LogP contribution >= 0.6 is 11.3 Å². The zero-order valence-corrected chi connectivity index (χ0v) is 22.6. The van der Waals surface area contributed by atoms with Gasteiger partial charge in [0.05, 0.1) is 0 Å². The molecule has 0 bridgehead atoms. The van der Waals surface area contributed by atoms with Crippen molar-refractivity contribution in [2.45, 2.75) is 12.8 Å². The second-order valence-corrected chi connectivity index (χ2v) is 11.2. The topological polar surface area (TPSA) is 13.1 Å². The molecule has 40 heavy (non-hydrogen) atoms. The number of rotatable bonds is 4. The number of fused-ring (bicyclic) bond motifs is 4. The molecule has 0 saturated heterocycles. The minimum absolute atomic E-state index is 0.911. The Hall–Kier alpha value is -4.84. The van der Waals surface area contributed by atoms with Gasteiger partial charge in [0.25, 0.3) is 0 Å². The van der Waals surface area contributed by atoms with Gasteiger partial charge >= 0.3 is 0 Å². The number of allylic oxidation sites excluding steroid dienone is 1. The SMILES string of the molecule is c1cccc(-c2c(-c3sc(-c4ccccc4)c4c3CCC=C4)cccc2-c2cccc3c2oc2ccccc23)c#1. The molecular weight excluding hydrogens is 504 g/mol. The van der Waals surface area contributed by atoms with E-state index in [4.69, 9.17) is 4.42 Å². The molecule has 0 unspecified atom stereocenters. The van der Waals surface area contributed by atoms with Crippen LogP contribution in [0.3, 0.4) is 0 Å². The average Bonchev–Trinajstić information content (AvgIpc) is 3.61. The largest absolute Gasteiger partial charge is 0.455 e. The second-order valence-electron chi connectivity index (χ2n) is 10.2. The Morgan fingerprint density at radius 1 is 0.675 bits per heavy atom. The minimum Gasteiger partial charge on any atom is -0.455 e. The third-order valence-corrected chi connectivity index (χ3v) is 9.18. The van der Waals surface area contributed by atoms with E-state index in [9.17, 15) is 0 Å². The van der Waals surface area contributed by atoms with Crippen molar-refractivity contribution in [1.29, 1.82) is 0 Å². The Balaban J connectivity index is 1.43. The molecule has 0 amide bonds. The maximum Gasteiger partial charge on any atom is 0.143 e. The van der Waals surface area contributed by atoms with E-state index in [2.05, 4.69) is 115 Å². The quantitative estimate of drug-likeness (QED) is 0.221. The Kier molecular flexibility index (Phi) is 5.43. The van der Waals surface area contributed by atoms with Gasteiger partial charge in [0.15, 0.2) is 0 Å². The number of thiophene rings is 1. The van der Waals surface area contributed by atoms with Crippen LogP contribution in [-0.2, 0) is 6.42 Å². The van der Waals surface area contributed by atoms with Crippen LogP contribution in [0.5, 0.6) is 0 Å². The van der Waals surface area contributed by atoms with Gasteiger partial charge in [-0.1, -0.05) is 115 Å². The predicted octanol–water partition coefficient (Wildman–Crippen LogP) is 10.9. The molecule has 1 aliphatic rings. The van der Waals surface area contributed by atoms with Gasteiger partial charge in [0, 0.05) is 42.8 Å². The summed E-state index contributed by atoms with van der Waals surface area (Å²) < 4.78 is 6.50. The zero-order chi connectivity index (χ0) is 26.5. The summed E-state index contributed by atoms with van der Waals surface area (Å²) in [6.07, 6.45) is 6.73. The van der Waals surface area contributed by atoms with E-state index in [-0.39, 0.29) is 0 Å². The van der Waals surface area contributed by atoms with Gasteiger partial charge < -0.3 is 4.42 Å². The fourth-order valence-electron chi connectivity index (χ4n) is 6.07. The lowest BCUT2D eigenvalue weighted by molar-refractivity contribution is 0.670. The van der Waals surface area contributed by atoms with Gasteiger partial charge in [-0.2, -0.15) is 0 Å². The highest BCUT2D eigenvalue weighted by Crippen LogP contribution is 2.50. The molecule has 1 aliphatic carbocycles. The van der Waals surface area contributed by atoms with Crippen LogP contribution in [0.1, 0.15) is 17.5 Å². The van der Waals surface area contributed by atoms with Crippen LogP contribution in [-0.4, -0.2) is 0 Å². The standard InChI is InChI=1S/C38H24OS/c1-3-13-25(14-4-1)35-28(30-22-12-21-29-27-17-9-10-24-34(27)39-36(29)30)20-11-23-33(35)38-32-19-8-7-18-31(32)37(40-38)26-15-5-2-6-16-26/h1-3,5-7,9-13,15-18,20-24H,8,19H2. The normalized spacial score (nSPS) is 12.5. The van der Waals surface area contributed by atoms with E-state index in [0.717, 1.165) is 51.5 Å². The first-order valence-electron chi connectivity index (χ1n) is 13.7. The summed E-state index contributed by atoms with van der Waals surface area (Å²) in [5.74, 6) is 0. The highest BCUT2D eigenvalue weighted by Gasteiger charge is 2.24. The molecular formula is C38H24OS. The van der Waals surface area contributed by atoms with Gasteiger partial charge in [0.2, 0.25) is 0 Å². The van der Waals surface area contributed by atoms with Crippen molar-refractivity contribution in [3.63, 3.8) is 0 Å². The molecule has 0 radical (unpaired) electrons. The highest BCUT2D eigenvalue weighted by molar-refractivity contribution is 7.19. The van der Waals surface area contributed by atoms with Crippen molar-refractivity contribution in [2.75, 3.05) is 0 Å². The third-order valence-electron chi connectivity index (χ3n) is 7.85. The maximum atomic E-state index is 6.50. The van der Waals surface area contributed by atoms with Crippen LogP contribution in [0.2, 0.25) is 0 Å². The number of hydrogen-bond donors (Lipinski definition) is 0. The van der Waals surface area contributed by atoms with E-state index in [1.807, 2.05) is 29.5 Å². The Morgan fingerprint density at radius 3 is 2.38 bits per heavy atom. The summed E-state index contributed by atoms with van der Waals surface area (Å²) in [4.78, 5) is 2.67. The van der Waals surface area contributed by atoms with Crippen molar-refractivity contribution in [3.05, 3.63) is 139 Å². The molecule has 1 nitrogen and oxygen atoms in total. The molecule has 5 aromatic carbocycles. The molecule has 0 aliphatic heterocycles. The first-order chi connectivity index (χ1) is 19.9. The van der Waals surface area contributed by atoms with E-state index >= 15 is 0 Å². The summed E-state index contributed by atoms with van der Waals surface area (Å²) in [6, 6.07) is 45.0. The lowest BCUT2D eigenvalue weighted by Crippen LogP contribution is -1.95. The van der Waals surface area contributed by atoms with Gasteiger partial charge in [-0.3, -0.25) is 0 Å². The smallest absolute Gasteiger partial charge is 0.143 e. The molecule has 0 spiro atoms. The lowest BCUT2D eigenvalue weighted by Gasteiger charge is -2.16. The summed E-state index contributed by atoms with van der Waals surface area (Å²) in [6.45, 7) is 0. The third kappa shape index (κ3) is 3.63. The molecule has 0 N–H and O–H groups in total. The number of furan rings is 1. The van der Waals surface area contributed by atoms with Crippen molar-refractivity contribution in [1.82, 2.24) is 0 Å². The summed E-state index contributed by atoms with van der Waals surface area (Å²) >= 11 is 1.90. The zero-order valence-electron chi connectivity index (χ0n) is 21.8. The van der Waals surface area contributed by atoms with E-state index in [1.54, 1.807) is 0 Å². The van der Waals surface area contributed by atoms with Crippen molar-refractivity contribution >= 4 is 39.4 Å². The fraction of sp³-hybridized carbons (Fsp3) is 0.0526. The predicted molar refractivity (Wildman–Crippen MR) is 168 cm³/mol. The molecule has 2 heterocycles. The Labute approximate surface area is 237 Å². The number of para-hydroxylation sites is 2. The van der Waals surface area contributed by atoms with E-state index < -0.39 is 0 Å². The van der Waals surface area contributed by atoms with Crippen molar-refractivity contribution in [2.24, 2.45) is 0 Å². The minimum atomic E-state index is 0.911. The Bertz CT molecular complexity index is 2040. The van der Waals surface area contributed by atoms with E-state index in [1.165, 1.54) is 37.6 Å². The van der Waals surface area contributed by atoms with E-state index in [0.29, 0.717) is 0 Å². The van der Waals surface area contributed by atoms with Gasteiger partial charge in [-0.05, 0) is 53.3 Å². The fourth-order valence-corrected chi connectivity index (χ4v) is 7.44. The second kappa shape index (κ2) is 9.42. The van der Waals surface area contributed by atoms with Gasteiger partial charge in [-0.25, -0.2) is 0 Å². The van der Waals surface area contributed by atoms with Crippen molar-refractivity contribution in [3.8, 4) is 43.1 Å². The molecule has 0 saturated carbocycles. The summed E-state index contributed by atoms with van der Waals surface area (Å²) in [5.41, 5.74) is 11.6. The van der Waals surface area contributed by atoms with Crippen LogP contribution in [0.25, 0.3) is 71.1 Å². The van der Waals surface area contributed by atoms with Crippen molar-refractivity contribution < 1.29 is 4.42 Å². The first-order valence-corrected chi connectivity index (χ1v) is 14.5. The molecule has 2 heteroatoms. The highest BCUT2D eigenvalue weighted by atomic mass is 32.1. The van der Waals surface area contributed by atoms with Gasteiger partial charge in [0.1, 0.15) is 11.2 Å². The van der Waals surface area contributed by atoms with Crippen LogP contribution in [0.15, 0.2) is 120 Å². The molecule has 188 valence electrons. The monoisotopic (exact) mass is 528 g/mol. The molecule has 2 aromatic heterocycles. The van der Waals surface area contributed by atoms with Gasteiger partial charge in [-0.15, -0.1) is 11.3 Å². The molecule has 7 aromatic rings. The lowest BCUT2D eigenvalue weighted by atomic mass is 9.87. The average molecular weight is 529 g/mol. The van der Waals surface area contributed by atoms with Crippen LogP contribution in [0, 0.1) is 12.1 Å². The van der Waals surface area contributed by atoms with Crippen LogP contribution < -0.4 is 0 Å². The molecule has 0 atom stereocenters. The summed E-state index contributed by atoms with van der Waals surface area (Å²) in [5, 5.41) is 2.28. The Morgan fingerprint density at radius 2 is 1.48 bits per heavy atom. The summed E-state index contributed by atoms with van der Waals surface area (Å²) in [7, 11) is 0.